The number of hydrogen-bond donors (Lipinski definition) is 1. The topological polar surface area (TPSA) is 59.4 Å². The van der Waals surface area contributed by atoms with E-state index in [0.29, 0.717) is 13.0 Å². The Morgan fingerprint density at radius 2 is 2.18 bits per heavy atom. The Labute approximate surface area is 131 Å². The molecular weight excluding hydrogens is 280 g/mol. The summed E-state index contributed by atoms with van der Waals surface area (Å²) in [5, 5.41) is 7.70. The summed E-state index contributed by atoms with van der Waals surface area (Å²) in [7, 11) is 0. The van der Waals surface area contributed by atoms with Crippen molar-refractivity contribution >= 4 is 5.91 Å². The second kappa shape index (κ2) is 6.79. The molecule has 3 rings (SSSR count). The quantitative estimate of drug-likeness (QED) is 0.903. The molecule has 1 N–H and O–H groups in total. The maximum Gasteiger partial charge on any atom is 0.224 e. The number of carbonyl (C=O) groups excluding carboxylic acids is 1. The number of hydrogen-bond acceptors (Lipinski definition) is 4. The van der Waals surface area contributed by atoms with Crippen LogP contribution in [0.15, 0.2) is 12.4 Å². The summed E-state index contributed by atoms with van der Waals surface area (Å²) in [6, 6.07) is 0. The van der Waals surface area contributed by atoms with Crippen molar-refractivity contribution in [1.82, 2.24) is 20.0 Å². The molecule has 2 aliphatic rings. The van der Waals surface area contributed by atoms with Gasteiger partial charge in [-0.25, -0.2) is 0 Å². The van der Waals surface area contributed by atoms with Crippen molar-refractivity contribution < 1.29 is 9.53 Å². The zero-order chi connectivity index (χ0) is 15.4. The number of nitrogens with zero attached hydrogens (tertiary/aromatic N) is 3. The molecule has 1 spiro atoms. The van der Waals surface area contributed by atoms with E-state index in [0.717, 1.165) is 57.7 Å². The normalized spacial score (nSPS) is 21.8. The third-order valence-electron chi connectivity index (χ3n) is 4.89. The van der Waals surface area contributed by atoms with Crippen LogP contribution in [-0.2, 0) is 16.1 Å². The summed E-state index contributed by atoms with van der Waals surface area (Å²) in [4.78, 5) is 15.0. The van der Waals surface area contributed by atoms with E-state index >= 15 is 0 Å². The molecule has 0 aliphatic carbocycles. The molecule has 122 valence electrons. The van der Waals surface area contributed by atoms with Crippen LogP contribution in [0.3, 0.4) is 0 Å². The lowest BCUT2D eigenvalue weighted by molar-refractivity contribution is -0.142. The summed E-state index contributed by atoms with van der Waals surface area (Å²) >= 11 is 0. The van der Waals surface area contributed by atoms with E-state index in [-0.39, 0.29) is 11.4 Å². The van der Waals surface area contributed by atoms with Gasteiger partial charge in [0.25, 0.3) is 0 Å². The molecule has 1 amide bonds. The molecule has 3 heterocycles. The Morgan fingerprint density at radius 3 is 2.91 bits per heavy atom. The van der Waals surface area contributed by atoms with Crippen LogP contribution in [0.5, 0.6) is 0 Å². The Balaban J connectivity index is 1.67. The maximum atomic E-state index is 12.8. The third-order valence-corrected chi connectivity index (χ3v) is 4.89. The van der Waals surface area contributed by atoms with Gasteiger partial charge in [0, 0.05) is 51.0 Å². The Morgan fingerprint density at radius 1 is 1.36 bits per heavy atom. The van der Waals surface area contributed by atoms with E-state index in [1.807, 2.05) is 24.0 Å². The molecule has 1 aromatic rings. The summed E-state index contributed by atoms with van der Waals surface area (Å²) in [5.41, 5.74) is 1.13. The zero-order valence-corrected chi connectivity index (χ0v) is 13.4. The average molecular weight is 306 g/mol. The molecular formula is C16H26N4O2. The summed E-state index contributed by atoms with van der Waals surface area (Å²) in [6.45, 7) is 6.88. The van der Waals surface area contributed by atoms with Gasteiger partial charge >= 0.3 is 0 Å². The van der Waals surface area contributed by atoms with Crippen LogP contribution in [0.25, 0.3) is 0 Å². The first-order chi connectivity index (χ1) is 10.7. The number of carbonyl (C=O) groups is 1. The van der Waals surface area contributed by atoms with Crippen molar-refractivity contribution in [1.29, 1.82) is 0 Å². The van der Waals surface area contributed by atoms with Crippen LogP contribution in [-0.4, -0.2) is 59.0 Å². The van der Waals surface area contributed by atoms with Crippen molar-refractivity contribution in [3.63, 3.8) is 0 Å². The van der Waals surface area contributed by atoms with Gasteiger partial charge in [0.1, 0.15) is 0 Å². The number of ether oxygens (including phenoxy) is 1. The standard InChI is InChI=1S/C16H26N4O2/c1-14-12-18-19(13-14)8-2-15(21)20-9-7-17-6-3-16(20)4-10-22-11-5-16/h12-13,17H,2-11H2,1H3. The summed E-state index contributed by atoms with van der Waals surface area (Å²) in [5.74, 6) is 0.249. The highest BCUT2D eigenvalue weighted by molar-refractivity contribution is 5.77. The van der Waals surface area contributed by atoms with Crippen molar-refractivity contribution in [2.45, 2.75) is 44.7 Å². The van der Waals surface area contributed by atoms with Crippen molar-refractivity contribution in [3.8, 4) is 0 Å². The van der Waals surface area contributed by atoms with Crippen LogP contribution < -0.4 is 5.32 Å². The van der Waals surface area contributed by atoms with E-state index in [2.05, 4.69) is 15.3 Å². The fraction of sp³-hybridized carbons (Fsp3) is 0.750. The number of nitrogens with one attached hydrogen (secondary N) is 1. The first-order valence-corrected chi connectivity index (χ1v) is 8.28. The maximum absolute atomic E-state index is 12.8. The molecule has 0 radical (unpaired) electrons. The minimum atomic E-state index is -0.00112. The number of aromatic nitrogens is 2. The van der Waals surface area contributed by atoms with Gasteiger partial charge in [-0.1, -0.05) is 0 Å². The van der Waals surface area contributed by atoms with E-state index in [9.17, 15) is 4.79 Å². The van der Waals surface area contributed by atoms with Crippen molar-refractivity contribution in [2.75, 3.05) is 32.8 Å². The van der Waals surface area contributed by atoms with Gasteiger partial charge in [-0.3, -0.25) is 9.48 Å². The van der Waals surface area contributed by atoms with E-state index < -0.39 is 0 Å². The largest absolute Gasteiger partial charge is 0.381 e. The lowest BCUT2D eigenvalue weighted by atomic mass is 9.84. The minimum absolute atomic E-state index is 0.00112. The number of rotatable bonds is 3. The van der Waals surface area contributed by atoms with Crippen LogP contribution in [0, 0.1) is 6.92 Å². The molecule has 0 bridgehead atoms. The predicted octanol–water partition coefficient (Wildman–Crippen LogP) is 0.953. The summed E-state index contributed by atoms with van der Waals surface area (Å²) in [6.07, 6.45) is 7.29. The predicted molar refractivity (Wildman–Crippen MR) is 83.6 cm³/mol. The van der Waals surface area contributed by atoms with E-state index in [4.69, 9.17) is 4.74 Å². The molecule has 0 atom stereocenters. The Hall–Kier alpha value is -1.40. The van der Waals surface area contributed by atoms with Crippen molar-refractivity contribution in [2.24, 2.45) is 0 Å². The lowest BCUT2D eigenvalue weighted by Gasteiger charge is -2.45. The number of amides is 1. The second-order valence-corrected chi connectivity index (χ2v) is 6.41. The first-order valence-electron chi connectivity index (χ1n) is 8.28. The second-order valence-electron chi connectivity index (χ2n) is 6.41. The zero-order valence-electron chi connectivity index (χ0n) is 13.4. The lowest BCUT2D eigenvalue weighted by Crippen LogP contribution is -2.55. The fourth-order valence-electron chi connectivity index (χ4n) is 3.60. The molecule has 0 aromatic carbocycles. The van der Waals surface area contributed by atoms with Gasteiger partial charge in [-0.05, 0) is 38.3 Å². The molecule has 1 aromatic heterocycles. The highest BCUT2D eigenvalue weighted by Gasteiger charge is 2.41. The molecule has 0 unspecified atom stereocenters. The van der Waals surface area contributed by atoms with Gasteiger partial charge in [0.05, 0.1) is 6.20 Å². The highest BCUT2D eigenvalue weighted by Crippen LogP contribution is 2.32. The SMILES string of the molecule is Cc1cnn(CCC(=O)N2CCNCCC23CCOCC3)c1. The molecule has 6 nitrogen and oxygen atoms in total. The van der Waals surface area contributed by atoms with E-state index in [1.54, 1.807) is 0 Å². The van der Waals surface area contributed by atoms with Gasteiger partial charge < -0.3 is 15.0 Å². The van der Waals surface area contributed by atoms with Crippen LogP contribution in [0.4, 0.5) is 0 Å². The molecule has 2 fully saturated rings. The Kier molecular flexibility index (Phi) is 4.78. The summed E-state index contributed by atoms with van der Waals surface area (Å²) < 4.78 is 7.39. The third kappa shape index (κ3) is 3.33. The van der Waals surface area contributed by atoms with Crippen LogP contribution in [0.1, 0.15) is 31.2 Å². The van der Waals surface area contributed by atoms with Gasteiger partial charge in [0.15, 0.2) is 0 Å². The molecule has 6 heteroatoms. The fourth-order valence-corrected chi connectivity index (χ4v) is 3.60. The first kappa shape index (κ1) is 15.5. The van der Waals surface area contributed by atoms with Gasteiger partial charge in [0.2, 0.25) is 5.91 Å². The monoisotopic (exact) mass is 306 g/mol. The smallest absolute Gasteiger partial charge is 0.224 e. The van der Waals surface area contributed by atoms with E-state index in [1.165, 1.54) is 0 Å². The minimum Gasteiger partial charge on any atom is -0.381 e. The van der Waals surface area contributed by atoms with Crippen LogP contribution in [0.2, 0.25) is 0 Å². The highest BCUT2D eigenvalue weighted by atomic mass is 16.5. The molecule has 22 heavy (non-hydrogen) atoms. The molecule has 0 saturated carbocycles. The van der Waals surface area contributed by atoms with Gasteiger partial charge in [-0.15, -0.1) is 0 Å². The molecule has 2 aliphatic heterocycles. The Bertz CT molecular complexity index is 508. The van der Waals surface area contributed by atoms with Crippen molar-refractivity contribution in [3.05, 3.63) is 18.0 Å². The van der Waals surface area contributed by atoms with Gasteiger partial charge in [-0.2, -0.15) is 5.10 Å². The molecule has 2 saturated heterocycles. The number of aryl methyl sites for hydroxylation is 2. The average Bonchev–Trinajstić information content (AvgIpc) is 2.84. The van der Waals surface area contributed by atoms with Crippen LogP contribution >= 0.6 is 0 Å².